The number of ether oxygens (including phenoxy) is 2. The molecule has 1 fully saturated rings. The van der Waals surface area contributed by atoms with Crippen LogP contribution in [0.25, 0.3) is 6.08 Å². The second-order valence-corrected chi connectivity index (χ2v) is 8.13. The van der Waals surface area contributed by atoms with E-state index in [2.05, 4.69) is 22.5 Å². The molecule has 3 rings (SSSR count). The number of amides is 2. The highest BCUT2D eigenvalue weighted by molar-refractivity contribution is 9.10. The Morgan fingerprint density at radius 3 is 2.66 bits per heavy atom. The van der Waals surface area contributed by atoms with Crippen LogP contribution in [0.15, 0.2) is 58.4 Å². The predicted molar refractivity (Wildman–Crippen MR) is 121 cm³/mol. The lowest BCUT2D eigenvalue weighted by Crippen LogP contribution is -2.27. The lowest BCUT2D eigenvalue weighted by atomic mass is 10.1. The molecule has 0 radical (unpaired) electrons. The quantitative estimate of drug-likeness (QED) is 0.334. The standard InChI is InChI=1S/C21H17BrClNO4S/c1-3-8-28-18-12-16(22)13(9-17(18)27-4-2)10-19-20(25)24(21(26)29-19)15-7-5-6-14(23)11-15/h3,5-7,9-12H,1,4,8H2,2H3/b19-10+. The van der Waals surface area contributed by atoms with Crippen LogP contribution in [0, 0.1) is 0 Å². The minimum atomic E-state index is -0.404. The lowest BCUT2D eigenvalue weighted by molar-refractivity contribution is -0.113. The summed E-state index contributed by atoms with van der Waals surface area (Å²) in [5, 5.41) is 0.0698. The summed E-state index contributed by atoms with van der Waals surface area (Å²) in [4.78, 5) is 26.7. The highest BCUT2D eigenvalue weighted by Gasteiger charge is 2.36. The van der Waals surface area contributed by atoms with E-state index >= 15 is 0 Å². The zero-order valence-corrected chi connectivity index (χ0v) is 18.6. The number of halogens is 2. The molecule has 1 aliphatic heterocycles. The number of thioether (sulfide) groups is 1. The Morgan fingerprint density at radius 2 is 1.97 bits per heavy atom. The Kier molecular flexibility index (Phi) is 7.05. The maximum Gasteiger partial charge on any atom is 0.298 e. The van der Waals surface area contributed by atoms with Crippen molar-refractivity contribution >= 4 is 62.2 Å². The third kappa shape index (κ3) is 4.86. The number of carbonyl (C=O) groups excluding carboxylic acids is 2. The third-order valence-corrected chi connectivity index (χ3v) is 5.66. The molecule has 1 aliphatic rings. The van der Waals surface area contributed by atoms with Gasteiger partial charge < -0.3 is 9.47 Å². The van der Waals surface area contributed by atoms with E-state index in [1.807, 2.05) is 6.92 Å². The summed E-state index contributed by atoms with van der Waals surface area (Å²) in [5.74, 6) is 0.694. The van der Waals surface area contributed by atoms with Crippen molar-refractivity contribution < 1.29 is 19.1 Å². The zero-order chi connectivity index (χ0) is 21.0. The lowest BCUT2D eigenvalue weighted by Gasteiger charge is -2.13. The van der Waals surface area contributed by atoms with Crippen molar-refractivity contribution in [1.29, 1.82) is 0 Å². The number of nitrogens with zero attached hydrogens (tertiary/aromatic N) is 1. The first-order valence-electron chi connectivity index (χ1n) is 8.68. The molecular formula is C21H17BrClNO4S. The van der Waals surface area contributed by atoms with Crippen molar-refractivity contribution in [3.63, 3.8) is 0 Å². The van der Waals surface area contributed by atoms with E-state index in [-0.39, 0.29) is 5.24 Å². The van der Waals surface area contributed by atoms with Crippen molar-refractivity contribution in [3.8, 4) is 11.5 Å². The van der Waals surface area contributed by atoms with E-state index in [9.17, 15) is 9.59 Å². The Hall–Kier alpha value is -2.22. The monoisotopic (exact) mass is 493 g/mol. The van der Waals surface area contributed by atoms with Gasteiger partial charge in [0.15, 0.2) is 11.5 Å². The zero-order valence-electron chi connectivity index (χ0n) is 15.5. The smallest absolute Gasteiger partial charge is 0.298 e. The molecule has 1 heterocycles. The van der Waals surface area contributed by atoms with Crippen LogP contribution in [0.5, 0.6) is 11.5 Å². The molecule has 29 heavy (non-hydrogen) atoms. The van der Waals surface area contributed by atoms with Crippen LogP contribution in [0.4, 0.5) is 10.5 Å². The van der Waals surface area contributed by atoms with Gasteiger partial charge in [0.2, 0.25) is 0 Å². The van der Waals surface area contributed by atoms with Gasteiger partial charge in [-0.25, -0.2) is 4.90 Å². The first-order valence-corrected chi connectivity index (χ1v) is 10.7. The van der Waals surface area contributed by atoms with Gasteiger partial charge in [-0.3, -0.25) is 9.59 Å². The molecule has 1 saturated heterocycles. The number of imide groups is 1. The van der Waals surface area contributed by atoms with Gasteiger partial charge in [0, 0.05) is 9.50 Å². The topological polar surface area (TPSA) is 55.8 Å². The normalized spacial score (nSPS) is 15.1. The number of carbonyl (C=O) groups is 2. The molecule has 2 aromatic carbocycles. The minimum Gasteiger partial charge on any atom is -0.490 e. The number of hydrogen-bond donors (Lipinski definition) is 0. The van der Waals surface area contributed by atoms with Gasteiger partial charge in [-0.05, 0) is 60.7 Å². The van der Waals surface area contributed by atoms with E-state index in [0.29, 0.717) is 50.4 Å². The van der Waals surface area contributed by atoms with Crippen molar-refractivity contribution in [2.24, 2.45) is 0 Å². The van der Waals surface area contributed by atoms with Crippen molar-refractivity contribution in [3.05, 3.63) is 69.0 Å². The summed E-state index contributed by atoms with van der Waals surface area (Å²) in [6.07, 6.45) is 3.29. The van der Waals surface area contributed by atoms with Gasteiger partial charge >= 0.3 is 0 Å². The fourth-order valence-electron chi connectivity index (χ4n) is 2.64. The molecule has 2 amide bonds. The maximum atomic E-state index is 12.9. The first kappa shape index (κ1) is 21.5. The van der Waals surface area contributed by atoms with Crippen LogP contribution in [0.2, 0.25) is 5.02 Å². The van der Waals surface area contributed by atoms with Gasteiger partial charge in [-0.1, -0.05) is 46.3 Å². The molecule has 0 unspecified atom stereocenters. The Bertz CT molecular complexity index is 1010. The molecule has 5 nitrogen and oxygen atoms in total. The summed E-state index contributed by atoms with van der Waals surface area (Å²) in [5.41, 5.74) is 1.13. The molecule has 0 saturated carbocycles. The Labute approximate surface area is 186 Å². The van der Waals surface area contributed by atoms with Crippen LogP contribution in [-0.4, -0.2) is 24.4 Å². The van der Waals surface area contributed by atoms with Crippen LogP contribution in [0.1, 0.15) is 12.5 Å². The second kappa shape index (κ2) is 9.52. The summed E-state index contributed by atoms with van der Waals surface area (Å²) < 4.78 is 12.0. The molecule has 150 valence electrons. The van der Waals surface area contributed by atoms with Crippen molar-refractivity contribution in [2.45, 2.75) is 6.92 Å². The summed E-state index contributed by atoms with van der Waals surface area (Å²) in [6.45, 7) is 6.30. The molecule has 0 N–H and O–H groups in total. The van der Waals surface area contributed by atoms with Gasteiger partial charge in [0.1, 0.15) is 6.61 Å². The fraction of sp³-hybridized carbons (Fsp3) is 0.143. The van der Waals surface area contributed by atoms with Gasteiger partial charge in [-0.15, -0.1) is 0 Å². The molecule has 2 aromatic rings. The molecule has 0 spiro atoms. The summed E-state index contributed by atoms with van der Waals surface area (Å²) >= 11 is 10.4. The van der Waals surface area contributed by atoms with E-state index in [0.717, 1.165) is 16.7 Å². The van der Waals surface area contributed by atoms with Crippen molar-refractivity contribution in [1.82, 2.24) is 0 Å². The van der Waals surface area contributed by atoms with Crippen LogP contribution < -0.4 is 14.4 Å². The molecule has 8 heteroatoms. The average Bonchev–Trinajstić information content (AvgIpc) is 2.96. The fourth-order valence-corrected chi connectivity index (χ4v) is 4.09. The van der Waals surface area contributed by atoms with E-state index in [1.165, 1.54) is 0 Å². The Morgan fingerprint density at radius 1 is 1.21 bits per heavy atom. The summed E-state index contributed by atoms with van der Waals surface area (Å²) in [6, 6.07) is 10.1. The molecule has 0 aromatic heterocycles. The largest absolute Gasteiger partial charge is 0.490 e. The third-order valence-electron chi connectivity index (χ3n) is 3.87. The van der Waals surface area contributed by atoms with Gasteiger partial charge in [-0.2, -0.15) is 0 Å². The average molecular weight is 495 g/mol. The van der Waals surface area contributed by atoms with Gasteiger partial charge in [0.25, 0.3) is 11.1 Å². The highest BCUT2D eigenvalue weighted by Crippen LogP contribution is 2.39. The number of hydrogen-bond acceptors (Lipinski definition) is 5. The van der Waals surface area contributed by atoms with Crippen LogP contribution in [0.3, 0.4) is 0 Å². The highest BCUT2D eigenvalue weighted by atomic mass is 79.9. The summed E-state index contributed by atoms with van der Waals surface area (Å²) in [7, 11) is 0. The molecule has 0 bridgehead atoms. The number of benzene rings is 2. The van der Waals surface area contributed by atoms with E-state index in [4.69, 9.17) is 21.1 Å². The van der Waals surface area contributed by atoms with Crippen molar-refractivity contribution in [2.75, 3.05) is 18.1 Å². The SMILES string of the molecule is C=CCOc1cc(Br)c(/C=C2/SC(=O)N(c3cccc(Cl)c3)C2=O)cc1OCC. The molecular weight excluding hydrogens is 478 g/mol. The number of anilines is 1. The first-order chi connectivity index (χ1) is 13.9. The van der Waals surface area contributed by atoms with Gasteiger partial charge in [0.05, 0.1) is 17.2 Å². The Balaban J connectivity index is 1.95. The second-order valence-electron chi connectivity index (χ2n) is 5.85. The van der Waals surface area contributed by atoms with E-state index in [1.54, 1.807) is 48.6 Å². The molecule has 0 atom stereocenters. The van der Waals surface area contributed by atoms with Crippen LogP contribution in [-0.2, 0) is 4.79 Å². The van der Waals surface area contributed by atoms with Crippen LogP contribution >= 0.6 is 39.3 Å². The maximum absolute atomic E-state index is 12.9. The minimum absolute atomic E-state index is 0.304. The molecule has 0 aliphatic carbocycles. The van der Waals surface area contributed by atoms with E-state index < -0.39 is 5.91 Å². The number of rotatable bonds is 7. The predicted octanol–water partition coefficient (Wildman–Crippen LogP) is 6.31.